The number of fused-ring (bicyclic) bond motifs is 1. The van der Waals surface area contributed by atoms with Gasteiger partial charge in [0, 0.05) is 17.7 Å². The van der Waals surface area contributed by atoms with Crippen LogP contribution in [0.15, 0.2) is 60.7 Å². The highest BCUT2D eigenvalue weighted by Crippen LogP contribution is 2.26. The number of carbonyl (C=O) groups excluding carboxylic acids is 2. The number of non-ortho nitro benzene ring substituents is 1. The van der Waals surface area contributed by atoms with E-state index in [1.807, 2.05) is 24.3 Å². The number of hydrogen-bond donors (Lipinski definition) is 0. The average Bonchev–Trinajstić information content (AvgIpc) is 2.70. The lowest BCUT2D eigenvalue weighted by atomic mass is 10.1. The van der Waals surface area contributed by atoms with E-state index in [1.165, 1.54) is 31.4 Å². The van der Waals surface area contributed by atoms with Crippen LogP contribution >= 0.6 is 0 Å². The molecule has 0 aliphatic carbocycles. The molecule has 0 aliphatic rings. The SMILES string of the molecule is COc1cc2ccccc2cc1C(=O)OCC(=O)c1ccc([N+](=O)[O-])cc1. The van der Waals surface area contributed by atoms with Crippen molar-refractivity contribution in [1.82, 2.24) is 0 Å². The number of ether oxygens (including phenoxy) is 2. The molecule has 0 N–H and O–H groups in total. The molecular weight excluding hydrogens is 350 g/mol. The number of nitro groups is 1. The molecule has 27 heavy (non-hydrogen) atoms. The molecule has 0 aromatic heterocycles. The van der Waals surface area contributed by atoms with Gasteiger partial charge in [-0.2, -0.15) is 0 Å². The fourth-order valence-electron chi connectivity index (χ4n) is 2.61. The van der Waals surface area contributed by atoms with Gasteiger partial charge in [-0.05, 0) is 35.0 Å². The van der Waals surface area contributed by atoms with Crippen molar-refractivity contribution in [1.29, 1.82) is 0 Å². The van der Waals surface area contributed by atoms with Gasteiger partial charge in [0.25, 0.3) is 5.69 Å². The van der Waals surface area contributed by atoms with Crippen molar-refractivity contribution in [2.75, 3.05) is 13.7 Å². The molecule has 3 rings (SSSR count). The van der Waals surface area contributed by atoms with Crippen LogP contribution in [0.4, 0.5) is 5.69 Å². The quantitative estimate of drug-likeness (QED) is 0.285. The first kappa shape index (κ1) is 18.1. The van der Waals surface area contributed by atoms with E-state index >= 15 is 0 Å². The van der Waals surface area contributed by atoms with Crippen LogP contribution in [0.3, 0.4) is 0 Å². The highest BCUT2D eigenvalue weighted by molar-refractivity contribution is 6.02. The Morgan fingerprint density at radius 3 is 2.22 bits per heavy atom. The molecule has 7 heteroatoms. The van der Waals surface area contributed by atoms with E-state index in [1.54, 1.807) is 12.1 Å². The Hall–Kier alpha value is -3.74. The number of benzene rings is 3. The molecule has 3 aromatic rings. The lowest BCUT2D eigenvalue weighted by Gasteiger charge is -2.10. The summed E-state index contributed by atoms with van der Waals surface area (Å²) >= 11 is 0. The van der Waals surface area contributed by atoms with E-state index in [9.17, 15) is 19.7 Å². The Morgan fingerprint density at radius 2 is 1.63 bits per heavy atom. The fourth-order valence-corrected chi connectivity index (χ4v) is 2.61. The fraction of sp³-hybridized carbons (Fsp3) is 0.100. The Labute approximate surface area is 154 Å². The first-order chi connectivity index (χ1) is 13.0. The molecule has 0 amide bonds. The standard InChI is InChI=1S/C20H15NO6/c1-26-19-11-15-5-3-2-4-14(15)10-17(19)20(23)27-12-18(22)13-6-8-16(9-7-13)21(24)25/h2-11H,12H2,1H3. The van der Waals surface area contributed by atoms with Crippen molar-refractivity contribution in [3.63, 3.8) is 0 Å². The minimum atomic E-state index is -0.687. The van der Waals surface area contributed by atoms with Crippen LogP contribution in [-0.2, 0) is 4.74 Å². The van der Waals surface area contributed by atoms with Crippen molar-refractivity contribution in [3.05, 3.63) is 81.9 Å². The Morgan fingerprint density at radius 1 is 1.00 bits per heavy atom. The van der Waals surface area contributed by atoms with Crippen LogP contribution < -0.4 is 4.74 Å². The molecule has 7 nitrogen and oxygen atoms in total. The van der Waals surface area contributed by atoms with Gasteiger partial charge in [-0.1, -0.05) is 24.3 Å². The van der Waals surface area contributed by atoms with Gasteiger partial charge >= 0.3 is 5.97 Å². The number of rotatable bonds is 6. The molecule has 0 atom stereocenters. The maximum atomic E-state index is 12.4. The topological polar surface area (TPSA) is 95.7 Å². The molecule has 0 bridgehead atoms. The summed E-state index contributed by atoms with van der Waals surface area (Å²) in [6.45, 7) is -0.480. The van der Waals surface area contributed by atoms with Gasteiger partial charge in [-0.25, -0.2) is 4.79 Å². The molecular formula is C20H15NO6. The molecule has 0 spiro atoms. The Bertz CT molecular complexity index is 1030. The highest BCUT2D eigenvalue weighted by Gasteiger charge is 2.17. The zero-order valence-electron chi connectivity index (χ0n) is 14.4. The van der Waals surface area contributed by atoms with Crippen LogP contribution in [0.2, 0.25) is 0 Å². The first-order valence-corrected chi connectivity index (χ1v) is 8.01. The van der Waals surface area contributed by atoms with Crippen LogP contribution in [0.1, 0.15) is 20.7 Å². The van der Waals surface area contributed by atoms with Crippen molar-refractivity contribution in [2.24, 2.45) is 0 Å². The van der Waals surface area contributed by atoms with E-state index in [2.05, 4.69) is 0 Å². The van der Waals surface area contributed by atoms with Gasteiger partial charge in [0.05, 0.1) is 12.0 Å². The Balaban J connectivity index is 1.74. The molecule has 0 heterocycles. The second-order valence-electron chi connectivity index (χ2n) is 5.70. The van der Waals surface area contributed by atoms with Gasteiger partial charge in [-0.15, -0.1) is 0 Å². The predicted molar refractivity (Wildman–Crippen MR) is 98.2 cm³/mol. The molecule has 0 radical (unpaired) electrons. The summed E-state index contributed by atoms with van der Waals surface area (Å²) in [6.07, 6.45) is 0. The number of esters is 1. The number of nitro benzene ring substituents is 1. The number of methoxy groups -OCH3 is 1. The third kappa shape index (κ3) is 3.92. The van der Waals surface area contributed by atoms with E-state index in [0.717, 1.165) is 10.8 Å². The molecule has 0 unspecified atom stereocenters. The summed E-state index contributed by atoms with van der Waals surface area (Å²) in [7, 11) is 1.45. The van der Waals surface area contributed by atoms with Crippen LogP contribution in [0.5, 0.6) is 5.75 Å². The monoisotopic (exact) mass is 365 g/mol. The van der Waals surface area contributed by atoms with Crippen molar-refractivity contribution in [2.45, 2.75) is 0 Å². The van der Waals surface area contributed by atoms with Gasteiger partial charge in [-0.3, -0.25) is 14.9 Å². The van der Waals surface area contributed by atoms with Crippen molar-refractivity contribution >= 4 is 28.2 Å². The molecule has 0 aliphatic heterocycles. The summed E-state index contributed by atoms with van der Waals surface area (Å²) in [5, 5.41) is 12.4. The van der Waals surface area contributed by atoms with E-state index in [0.29, 0.717) is 5.75 Å². The minimum absolute atomic E-state index is 0.121. The number of Topliss-reactive ketones (excluding diaryl/α,β-unsaturated/α-hetero) is 1. The summed E-state index contributed by atoms with van der Waals surface area (Å²) in [6, 6.07) is 15.9. The molecule has 3 aromatic carbocycles. The minimum Gasteiger partial charge on any atom is -0.496 e. The number of nitrogens with zero attached hydrogens (tertiary/aromatic N) is 1. The first-order valence-electron chi connectivity index (χ1n) is 8.01. The largest absolute Gasteiger partial charge is 0.496 e. The summed E-state index contributed by atoms with van der Waals surface area (Å²) in [5.74, 6) is -0.799. The number of ketones is 1. The zero-order chi connectivity index (χ0) is 19.4. The van der Waals surface area contributed by atoms with Crippen LogP contribution in [0, 0.1) is 10.1 Å². The van der Waals surface area contributed by atoms with E-state index in [4.69, 9.17) is 9.47 Å². The normalized spacial score (nSPS) is 10.4. The van der Waals surface area contributed by atoms with Crippen molar-refractivity contribution in [3.8, 4) is 5.75 Å². The maximum absolute atomic E-state index is 12.4. The smallest absolute Gasteiger partial charge is 0.342 e. The number of carbonyl (C=O) groups is 2. The van der Waals surface area contributed by atoms with Crippen molar-refractivity contribution < 1.29 is 24.0 Å². The molecule has 0 fully saturated rings. The molecule has 136 valence electrons. The second kappa shape index (κ2) is 7.65. The maximum Gasteiger partial charge on any atom is 0.342 e. The van der Waals surface area contributed by atoms with Crippen LogP contribution in [0.25, 0.3) is 10.8 Å². The van der Waals surface area contributed by atoms with E-state index < -0.39 is 23.3 Å². The Kier molecular flexibility index (Phi) is 5.12. The molecule has 0 saturated heterocycles. The number of hydrogen-bond acceptors (Lipinski definition) is 6. The van der Waals surface area contributed by atoms with Gasteiger partial charge in [0.1, 0.15) is 11.3 Å². The molecule has 0 saturated carbocycles. The van der Waals surface area contributed by atoms with Gasteiger partial charge in [0.2, 0.25) is 0 Å². The van der Waals surface area contributed by atoms with E-state index in [-0.39, 0.29) is 16.8 Å². The van der Waals surface area contributed by atoms with Gasteiger partial charge in [0.15, 0.2) is 12.4 Å². The predicted octanol–water partition coefficient (Wildman–Crippen LogP) is 3.80. The third-order valence-corrected chi connectivity index (χ3v) is 4.02. The van der Waals surface area contributed by atoms with Crippen LogP contribution in [-0.4, -0.2) is 30.4 Å². The zero-order valence-corrected chi connectivity index (χ0v) is 14.4. The highest BCUT2D eigenvalue weighted by atomic mass is 16.6. The van der Waals surface area contributed by atoms with Gasteiger partial charge < -0.3 is 9.47 Å². The summed E-state index contributed by atoms with van der Waals surface area (Å²) in [5.41, 5.74) is 0.316. The lowest BCUT2D eigenvalue weighted by Crippen LogP contribution is -2.15. The summed E-state index contributed by atoms with van der Waals surface area (Å²) in [4.78, 5) is 34.6. The summed E-state index contributed by atoms with van der Waals surface area (Å²) < 4.78 is 10.4. The average molecular weight is 365 g/mol. The second-order valence-corrected chi connectivity index (χ2v) is 5.70. The third-order valence-electron chi connectivity index (χ3n) is 4.02. The lowest BCUT2D eigenvalue weighted by molar-refractivity contribution is -0.384.